The normalized spacial score (nSPS) is 20.4. The van der Waals surface area contributed by atoms with Gasteiger partial charge in [0.1, 0.15) is 0 Å². The van der Waals surface area contributed by atoms with Gasteiger partial charge in [-0.25, -0.2) is 9.97 Å². The summed E-state index contributed by atoms with van der Waals surface area (Å²) in [5.74, 6) is 0.689. The summed E-state index contributed by atoms with van der Waals surface area (Å²) in [5, 5.41) is 3.09. The lowest BCUT2D eigenvalue weighted by Crippen LogP contribution is -2.42. The van der Waals surface area contributed by atoms with Gasteiger partial charge in [0.15, 0.2) is 0 Å². The van der Waals surface area contributed by atoms with Gasteiger partial charge in [0.25, 0.3) is 0 Å². The molecule has 1 fully saturated rings. The van der Waals surface area contributed by atoms with Crippen LogP contribution in [-0.2, 0) is 11.3 Å². The van der Waals surface area contributed by atoms with E-state index in [0.717, 1.165) is 44.8 Å². The van der Waals surface area contributed by atoms with Gasteiger partial charge in [-0.3, -0.25) is 4.90 Å². The molecule has 0 aromatic carbocycles. The van der Waals surface area contributed by atoms with E-state index in [-0.39, 0.29) is 6.10 Å². The molecule has 0 saturated carbocycles. The van der Waals surface area contributed by atoms with Gasteiger partial charge in [0, 0.05) is 44.1 Å². The number of hydrogen-bond acceptors (Lipinski definition) is 6. The van der Waals surface area contributed by atoms with Gasteiger partial charge in [0.2, 0.25) is 5.95 Å². The van der Waals surface area contributed by atoms with Crippen LogP contribution in [0, 0.1) is 0 Å². The molecule has 0 aliphatic carbocycles. The summed E-state index contributed by atoms with van der Waals surface area (Å²) in [6, 6.07) is 0. The van der Waals surface area contributed by atoms with Crippen LogP contribution in [0.1, 0.15) is 18.9 Å². The van der Waals surface area contributed by atoms with Crippen molar-refractivity contribution < 1.29 is 4.74 Å². The highest BCUT2D eigenvalue weighted by atomic mass is 16.5. The molecule has 0 bridgehead atoms. The van der Waals surface area contributed by atoms with E-state index in [2.05, 4.69) is 20.2 Å². The van der Waals surface area contributed by atoms with Crippen molar-refractivity contribution in [3.63, 3.8) is 0 Å². The molecule has 6 nitrogen and oxygen atoms in total. The molecule has 1 aromatic rings. The second kappa shape index (κ2) is 7.37. The van der Waals surface area contributed by atoms with E-state index in [0.29, 0.717) is 12.5 Å². The third-order valence-corrected chi connectivity index (χ3v) is 3.16. The molecule has 19 heavy (non-hydrogen) atoms. The van der Waals surface area contributed by atoms with Crippen molar-refractivity contribution in [1.82, 2.24) is 14.9 Å². The highest BCUT2D eigenvalue weighted by Crippen LogP contribution is 2.11. The van der Waals surface area contributed by atoms with Crippen LogP contribution < -0.4 is 11.1 Å². The summed E-state index contributed by atoms with van der Waals surface area (Å²) < 4.78 is 5.67. The van der Waals surface area contributed by atoms with Crippen molar-refractivity contribution in [3.05, 3.63) is 18.0 Å². The predicted octanol–water partition coefficient (Wildman–Crippen LogP) is 0.458. The molecule has 3 N–H and O–H groups in total. The smallest absolute Gasteiger partial charge is 0.222 e. The van der Waals surface area contributed by atoms with E-state index in [4.69, 9.17) is 10.5 Å². The summed E-state index contributed by atoms with van der Waals surface area (Å²) in [5.41, 5.74) is 6.71. The Labute approximate surface area is 114 Å². The van der Waals surface area contributed by atoms with Crippen LogP contribution in [0.3, 0.4) is 0 Å². The zero-order chi connectivity index (χ0) is 13.5. The van der Waals surface area contributed by atoms with Gasteiger partial charge >= 0.3 is 0 Å². The maximum atomic E-state index is 5.67. The van der Waals surface area contributed by atoms with E-state index in [1.165, 1.54) is 0 Å². The first-order chi connectivity index (χ1) is 9.31. The Hall–Kier alpha value is -1.24. The van der Waals surface area contributed by atoms with Crippen LogP contribution in [0.15, 0.2) is 12.4 Å². The monoisotopic (exact) mass is 265 g/mol. The van der Waals surface area contributed by atoms with E-state index in [1.54, 1.807) is 0 Å². The van der Waals surface area contributed by atoms with Crippen molar-refractivity contribution in [3.8, 4) is 0 Å². The molecule has 0 amide bonds. The molecular formula is C13H23N5O. The minimum Gasteiger partial charge on any atom is -0.376 e. The fourth-order valence-electron chi connectivity index (χ4n) is 2.23. The van der Waals surface area contributed by atoms with Crippen LogP contribution in [0.5, 0.6) is 0 Å². The lowest BCUT2D eigenvalue weighted by Gasteiger charge is -2.32. The summed E-state index contributed by atoms with van der Waals surface area (Å²) in [4.78, 5) is 10.9. The Balaban J connectivity index is 1.85. The maximum absolute atomic E-state index is 5.67. The maximum Gasteiger partial charge on any atom is 0.222 e. The third kappa shape index (κ3) is 4.41. The average Bonchev–Trinajstić information content (AvgIpc) is 2.42. The molecule has 0 radical (unpaired) electrons. The second-order valence-electron chi connectivity index (χ2n) is 4.75. The first-order valence-electron chi connectivity index (χ1n) is 6.90. The van der Waals surface area contributed by atoms with E-state index < -0.39 is 0 Å². The highest BCUT2D eigenvalue weighted by molar-refractivity contribution is 5.24. The molecule has 0 unspecified atom stereocenters. The Bertz CT molecular complexity index is 368. The Morgan fingerprint density at radius 1 is 1.47 bits per heavy atom. The number of rotatable bonds is 6. The van der Waals surface area contributed by atoms with E-state index >= 15 is 0 Å². The second-order valence-corrected chi connectivity index (χ2v) is 4.75. The van der Waals surface area contributed by atoms with Gasteiger partial charge in [0.05, 0.1) is 12.7 Å². The summed E-state index contributed by atoms with van der Waals surface area (Å²) >= 11 is 0. The number of morpholine rings is 1. The predicted molar refractivity (Wildman–Crippen MR) is 74.9 cm³/mol. The molecule has 1 aliphatic rings. The molecule has 2 rings (SSSR count). The minimum atomic E-state index is 0.265. The van der Waals surface area contributed by atoms with E-state index in [1.807, 2.05) is 19.3 Å². The SMILES string of the molecule is CCNc1ncc(CN2CCO[C@@H](CCN)C2)cn1. The molecular weight excluding hydrogens is 242 g/mol. The fraction of sp³-hybridized carbons (Fsp3) is 0.692. The molecule has 1 atom stereocenters. The quantitative estimate of drug-likeness (QED) is 0.778. The van der Waals surface area contributed by atoms with Crippen LogP contribution in [0.4, 0.5) is 5.95 Å². The lowest BCUT2D eigenvalue weighted by atomic mass is 10.2. The number of anilines is 1. The van der Waals surface area contributed by atoms with Gasteiger partial charge in [-0.05, 0) is 19.9 Å². The number of nitrogens with one attached hydrogen (secondary N) is 1. The Morgan fingerprint density at radius 3 is 2.95 bits per heavy atom. The zero-order valence-corrected chi connectivity index (χ0v) is 11.5. The van der Waals surface area contributed by atoms with Gasteiger partial charge in [-0.15, -0.1) is 0 Å². The van der Waals surface area contributed by atoms with Crippen molar-refractivity contribution >= 4 is 5.95 Å². The molecule has 6 heteroatoms. The minimum absolute atomic E-state index is 0.265. The zero-order valence-electron chi connectivity index (χ0n) is 11.5. The topological polar surface area (TPSA) is 76.3 Å². The van der Waals surface area contributed by atoms with Crippen molar-refractivity contribution in [2.24, 2.45) is 5.73 Å². The summed E-state index contributed by atoms with van der Waals surface area (Å²) in [6.45, 7) is 7.09. The first kappa shape index (κ1) is 14.2. The number of aromatic nitrogens is 2. The number of nitrogens with two attached hydrogens (primary N) is 1. The summed E-state index contributed by atoms with van der Waals surface area (Å²) in [7, 11) is 0. The van der Waals surface area contributed by atoms with Crippen molar-refractivity contribution in [2.45, 2.75) is 26.0 Å². The van der Waals surface area contributed by atoms with Gasteiger partial charge in [-0.2, -0.15) is 0 Å². The molecule has 1 aliphatic heterocycles. The molecule has 2 heterocycles. The Kier molecular flexibility index (Phi) is 5.50. The molecule has 1 saturated heterocycles. The Morgan fingerprint density at radius 2 is 2.26 bits per heavy atom. The molecule has 1 aromatic heterocycles. The molecule has 106 valence electrons. The number of hydrogen-bond donors (Lipinski definition) is 2. The molecule has 0 spiro atoms. The van der Waals surface area contributed by atoms with Crippen molar-refractivity contribution in [1.29, 1.82) is 0 Å². The van der Waals surface area contributed by atoms with Gasteiger partial charge in [-0.1, -0.05) is 0 Å². The summed E-state index contributed by atoms with van der Waals surface area (Å²) in [6.07, 6.45) is 4.96. The highest BCUT2D eigenvalue weighted by Gasteiger charge is 2.19. The lowest BCUT2D eigenvalue weighted by molar-refractivity contribution is -0.0335. The van der Waals surface area contributed by atoms with Crippen LogP contribution >= 0.6 is 0 Å². The van der Waals surface area contributed by atoms with Crippen LogP contribution in [-0.4, -0.2) is 53.8 Å². The van der Waals surface area contributed by atoms with E-state index in [9.17, 15) is 0 Å². The number of ether oxygens (including phenoxy) is 1. The van der Waals surface area contributed by atoms with Gasteiger partial charge < -0.3 is 15.8 Å². The fourth-order valence-corrected chi connectivity index (χ4v) is 2.23. The van der Waals surface area contributed by atoms with Crippen LogP contribution in [0.25, 0.3) is 0 Å². The largest absolute Gasteiger partial charge is 0.376 e. The third-order valence-electron chi connectivity index (χ3n) is 3.16. The number of nitrogens with zero attached hydrogens (tertiary/aromatic N) is 3. The van der Waals surface area contributed by atoms with Crippen LogP contribution in [0.2, 0.25) is 0 Å². The average molecular weight is 265 g/mol. The van der Waals surface area contributed by atoms with Crippen molar-refractivity contribution in [2.75, 3.05) is 38.1 Å². The standard InChI is InChI=1S/C13H23N5O/c1-2-15-13-16-7-11(8-17-13)9-18-5-6-19-12(10-18)3-4-14/h7-8,12H,2-6,9-10,14H2,1H3,(H,15,16,17)/t12-/m0/s1. The first-order valence-corrected chi connectivity index (χ1v) is 6.90.